The van der Waals surface area contributed by atoms with Crippen LogP contribution in [0.1, 0.15) is 27.9 Å². The monoisotopic (exact) mass is 390 g/mol. The Balaban J connectivity index is 2.02. The lowest BCUT2D eigenvalue weighted by Crippen LogP contribution is -2.46. The minimum atomic E-state index is -0.585. The Labute approximate surface area is 163 Å². The van der Waals surface area contributed by atoms with Crippen molar-refractivity contribution >= 4 is 35.2 Å². The van der Waals surface area contributed by atoms with Crippen molar-refractivity contribution in [2.75, 3.05) is 12.0 Å². The third-order valence-corrected chi connectivity index (χ3v) is 4.94. The molecule has 0 radical (unpaired) electrons. The molecular formula is C20H23ClN2O2S. The Morgan fingerprint density at radius 3 is 2.62 bits per heavy atom. The summed E-state index contributed by atoms with van der Waals surface area (Å²) in [5, 5.41) is 6.33. The molecule has 0 heterocycles. The van der Waals surface area contributed by atoms with Gasteiger partial charge in [-0.2, -0.15) is 11.8 Å². The van der Waals surface area contributed by atoms with Gasteiger partial charge in [-0.25, -0.2) is 0 Å². The predicted molar refractivity (Wildman–Crippen MR) is 109 cm³/mol. The summed E-state index contributed by atoms with van der Waals surface area (Å²) in [6.45, 7) is 2.26. The van der Waals surface area contributed by atoms with Crippen LogP contribution in [0.2, 0.25) is 5.02 Å². The van der Waals surface area contributed by atoms with Gasteiger partial charge in [0.25, 0.3) is 5.91 Å². The second kappa shape index (κ2) is 10.2. The maximum Gasteiger partial charge on any atom is 0.251 e. The summed E-state index contributed by atoms with van der Waals surface area (Å²) < 4.78 is 0. The second-order valence-electron chi connectivity index (χ2n) is 5.99. The predicted octanol–water partition coefficient (Wildman–Crippen LogP) is 3.82. The van der Waals surface area contributed by atoms with E-state index in [0.717, 1.165) is 16.9 Å². The summed E-state index contributed by atoms with van der Waals surface area (Å²) in [4.78, 5) is 25.1. The molecule has 26 heavy (non-hydrogen) atoms. The molecule has 0 spiro atoms. The van der Waals surface area contributed by atoms with E-state index in [9.17, 15) is 9.59 Å². The van der Waals surface area contributed by atoms with Crippen LogP contribution in [-0.2, 0) is 11.3 Å². The second-order valence-corrected chi connectivity index (χ2v) is 7.38. The highest BCUT2D eigenvalue weighted by Crippen LogP contribution is 2.14. The summed E-state index contributed by atoms with van der Waals surface area (Å²) >= 11 is 7.76. The van der Waals surface area contributed by atoms with Crippen LogP contribution in [0, 0.1) is 6.92 Å². The number of amides is 2. The molecule has 0 saturated carbocycles. The highest BCUT2D eigenvalue weighted by atomic mass is 35.5. The largest absolute Gasteiger partial charge is 0.350 e. The van der Waals surface area contributed by atoms with Gasteiger partial charge in [0.15, 0.2) is 0 Å². The van der Waals surface area contributed by atoms with Crippen LogP contribution in [0.3, 0.4) is 0 Å². The third-order valence-electron chi connectivity index (χ3n) is 3.92. The minimum Gasteiger partial charge on any atom is -0.350 e. The zero-order valence-corrected chi connectivity index (χ0v) is 16.5. The number of thioether (sulfide) groups is 1. The first-order chi connectivity index (χ1) is 12.5. The topological polar surface area (TPSA) is 58.2 Å². The van der Waals surface area contributed by atoms with E-state index in [-0.39, 0.29) is 11.8 Å². The molecule has 0 aliphatic rings. The molecule has 2 aromatic carbocycles. The summed E-state index contributed by atoms with van der Waals surface area (Å²) in [6.07, 6.45) is 2.54. The van der Waals surface area contributed by atoms with Crippen molar-refractivity contribution in [1.29, 1.82) is 0 Å². The first-order valence-electron chi connectivity index (χ1n) is 8.39. The molecule has 0 bridgehead atoms. The number of halogens is 1. The van der Waals surface area contributed by atoms with Crippen LogP contribution < -0.4 is 10.6 Å². The minimum absolute atomic E-state index is 0.208. The van der Waals surface area contributed by atoms with Crippen LogP contribution in [-0.4, -0.2) is 29.9 Å². The molecule has 138 valence electrons. The number of aryl methyl sites for hydroxylation is 1. The molecule has 0 fully saturated rings. The normalized spacial score (nSPS) is 11.7. The Morgan fingerprint density at radius 2 is 1.92 bits per heavy atom. The third kappa shape index (κ3) is 6.07. The van der Waals surface area contributed by atoms with Crippen molar-refractivity contribution in [3.8, 4) is 0 Å². The van der Waals surface area contributed by atoms with E-state index in [1.54, 1.807) is 23.9 Å². The molecule has 2 aromatic rings. The van der Waals surface area contributed by atoms with Crippen molar-refractivity contribution in [2.45, 2.75) is 25.9 Å². The zero-order chi connectivity index (χ0) is 18.9. The number of nitrogens with one attached hydrogen (secondary N) is 2. The first-order valence-corrected chi connectivity index (χ1v) is 10.2. The molecule has 4 nitrogen and oxygen atoms in total. The molecule has 0 aromatic heterocycles. The molecule has 2 rings (SSSR count). The van der Waals surface area contributed by atoms with E-state index in [1.165, 1.54) is 0 Å². The molecule has 1 unspecified atom stereocenters. The average molecular weight is 391 g/mol. The molecule has 2 amide bonds. The molecule has 0 aliphatic heterocycles. The van der Waals surface area contributed by atoms with Crippen molar-refractivity contribution < 1.29 is 9.59 Å². The van der Waals surface area contributed by atoms with Gasteiger partial charge in [0, 0.05) is 17.1 Å². The Morgan fingerprint density at radius 1 is 1.15 bits per heavy atom. The van der Waals surface area contributed by atoms with E-state index in [2.05, 4.69) is 10.6 Å². The van der Waals surface area contributed by atoms with Crippen molar-refractivity contribution in [2.24, 2.45) is 0 Å². The fourth-order valence-electron chi connectivity index (χ4n) is 2.48. The lowest BCUT2D eigenvalue weighted by Gasteiger charge is -2.18. The molecule has 6 heteroatoms. The van der Waals surface area contributed by atoms with Gasteiger partial charge in [-0.1, -0.05) is 47.5 Å². The number of hydrogen-bond donors (Lipinski definition) is 2. The molecule has 0 saturated heterocycles. The smallest absolute Gasteiger partial charge is 0.251 e. The number of rotatable bonds is 8. The van der Waals surface area contributed by atoms with Gasteiger partial charge in [-0.05, 0) is 49.1 Å². The molecule has 1 atom stereocenters. The Kier molecular flexibility index (Phi) is 8.01. The number of carbonyl (C=O) groups excluding carboxylic acids is 2. The van der Waals surface area contributed by atoms with Crippen molar-refractivity contribution in [3.63, 3.8) is 0 Å². The lowest BCUT2D eigenvalue weighted by molar-refractivity contribution is -0.123. The molecular weight excluding hydrogens is 368 g/mol. The number of hydrogen-bond acceptors (Lipinski definition) is 3. The zero-order valence-electron chi connectivity index (χ0n) is 14.9. The SMILES string of the molecule is CSCCC(NC(=O)c1cccc(C)c1)C(=O)NCc1ccccc1Cl. The average Bonchev–Trinajstić information content (AvgIpc) is 2.64. The highest BCUT2D eigenvalue weighted by Gasteiger charge is 2.21. The Hall–Kier alpha value is -1.98. The molecule has 2 N–H and O–H groups in total. The van der Waals surface area contributed by atoms with Crippen LogP contribution >= 0.6 is 23.4 Å². The lowest BCUT2D eigenvalue weighted by atomic mass is 10.1. The first kappa shape index (κ1) is 20.3. The van der Waals surface area contributed by atoms with E-state index in [0.29, 0.717) is 23.6 Å². The maximum atomic E-state index is 12.6. The summed E-state index contributed by atoms with van der Waals surface area (Å²) in [5.74, 6) is 0.325. The fraction of sp³-hybridized carbons (Fsp3) is 0.300. The van der Waals surface area contributed by atoms with Gasteiger partial charge in [0.05, 0.1) is 0 Å². The van der Waals surface area contributed by atoms with Crippen molar-refractivity contribution in [3.05, 3.63) is 70.2 Å². The fourth-order valence-corrected chi connectivity index (χ4v) is 3.15. The quantitative estimate of drug-likeness (QED) is 0.720. The van der Waals surface area contributed by atoms with E-state index >= 15 is 0 Å². The Bertz CT molecular complexity index is 767. The van der Waals surface area contributed by atoms with E-state index < -0.39 is 6.04 Å². The van der Waals surface area contributed by atoms with Crippen LogP contribution in [0.5, 0.6) is 0 Å². The summed E-state index contributed by atoms with van der Waals surface area (Å²) in [6, 6.07) is 14.1. The van der Waals surface area contributed by atoms with Crippen molar-refractivity contribution in [1.82, 2.24) is 10.6 Å². The van der Waals surface area contributed by atoms with E-state index in [4.69, 9.17) is 11.6 Å². The van der Waals surface area contributed by atoms with Crippen LogP contribution in [0.25, 0.3) is 0 Å². The van der Waals surface area contributed by atoms with Gasteiger partial charge in [-0.3, -0.25) is 9.59 Å². The van der Waals surface area contributed by atoms with Gasteiger partial charge in [0.1, 0.15) is 6.04 Å². The summed E-state index contributed by atoms with van der Waals surface area (Å²) in [5.41, 5.74) is 2.40. The number of benzene rings is 2. The van der Waals surface area contributed by atoms with Gasteiger partial charge in [-0.15, -0.1) is 0 Å². The van der Waals surface area contributed by atoms with Gasteiger partial charge < -0.3 is 10.6 Å². The van der Waals surface area contributed by atoms with Crippen LogP contribution in [0.4, 0.5) is 0 Å². The van der Waals surface area contributed by atoms with Gasteiger partial charge >= 0.3 is 0 Å². The number of carbonyl (C=O) groups is 2. The summed E-state index contributed by atoms with van der Waals surface area (Å²) in [7, 11) is 0. The van der Waals surface area contributed by atoms with Gasteiger partial charge in [0.2, 0.25) is 5.91 Å². The maximum absolute atomic E-state index is 12.6. The highest BCUT2D eigenvalue weighted by molar-refractivity contribution is 7.98. The standard InChI is InChI=1S/C20H23ClN2O2S/c1-14-6-5-8-15(12-14)19(24)23-18(10-11-26-2)20(25)22-13-16-7-3-4-9-17(16)21/h3-9,12,18H,10-11,13H2,1-2H3,(H,22,25)(H,23,24). The molecule has 0 aliphatic carbocycles. The van der Waals surface area contributed by atoms with Crippen LogP contribution in [0.15, 0.2) is 48.5 Å². The van der Waals surface area contributed by atoms with E-state index in [1.807, 2.05) is 49.6 Å².